The summed E-state index contributed by atoms with van der Waals surface area (Å²) in [5.74, 6) is -0.217. The van der Waals surface area contributed by atoms with Gasteiger partial charge >= 0.3 is 5.97 Å². The highest BCUT2D eigenvalue weighted by molar-refractivity contribution is 5.71. The Morgan fingerprint density at radius 1 is 1.44 bits per heavy atom. The third kappa shape index (κ3) is 3.55. The van der Waals surface area contributed by atoms with Crippen molar-refractivity contribution in [2.45, 2.75) is 13.0 Å². The maximum Gasteiger partial charge on any atom is 0.307 e. The van der Waals surface area contributed by atoms with Crippen molar-refractivity contribution in [3.8, 4) is 5.75 Å². The van der Waals surface area contributed by atoms with Crippen molar-refractivity contribution < 1.29 is 14.6 Å². The number of carboxylic acid groups (broad SMARTS) is 1. The third-order valence-corrected chi connectivity index (χ3v) is 2.19. The van der Waals surface area contributed by atoms with Gasteiger partial charge in [0.2, 0.25) is 0 Å². The van der Waals surface area contributed by atoms with Gasteiger partial charge in [-0.1, -0.05) is 12.1 Å². The first-order chi connectivity index (χ1) is 7.52. The Kier molecular flexibility index (Phi) is 4.31. The van der Waals surface area contributed by atoms with E-state index in [1.54, 1.807) is 7.11 Å². The summed E-state index contributed by atoms with van der Waals surface area (Å²) >= 11 is 0. The molecule has 4 nitrogen and oxygen atoms in total. The minimum atomic E-state index is -0.847. The zero-order chi connectivity index (χ0) is 12.1. The van der Waals surface area contributed by atoms with Crippen LogP contribution in [0.25, 0.3) is 0 Å². The molecule has 0 bridgehead atoms. The number of hydrogen-bond donors (Lipinski definition) is 1. The minimum Gasteiger partial charge on any atom is -0.496 e. The van der Waals surface area contributed by atoms with Crippen LogP contribution in [0.2, 0.25) is 0 Å². The van der Waals surface area contributed by atoms with Crippen LogP contribution >= 0.6 is 0 Å². The Balaban J connectivity index is 2.96. The van der Waals surface area contributed by atoms with Crippen LogP contribution in [0, 0.1) is 0 Å². The Morgan fingerprint density at radius 3 is 2.62 bits per heavy atom. The highest BCUT2D eigenvalue weighted by Crippen LogP contribution is 2.21. The van der Waals surface area contributed by atoms with Crippen molar-refractivity contribution in [3.63, 3.8) is 0 Å². The maximum absolute atomic E-state index is 10.7. The van der Waals surface area contributed by atoms with Crippen LogP contribution in [0.3, 0.4) is 0 Å². The molecule has 0 spiro atoms. The SMILES string of the molecule is COc1ccc(CN(C)C)cc1CC(=O)O. The number of benzene rings is 1. The molecule has 0 heterocycles. The van der Waals surface area contributed by atoms with Gasteiger partial charge in [0.05, 0.1) is 13.5 Å². The molecular formula is C12H17NO3. The predicted octanol–water partition coefficient (Wildman–Crippen LogP) is 1.38. The molecule has 0 fully saturated rings. The quantitative estimate of drug-likeness (QED) is 0.819. The Morgan fingerprint density at radius 2 is 2.12 bits per heavy atom. The summed E-state index contributed by atoms with van der Waals surface area (Å²) in [5.41, 5.74) is 1.80. The first-order valence-electron chi connectivity index (χ1n) is 5.05. The summed E-state index contributed by atoms with van der Waals surface area (Å²) in [5, 5.41) is 8.79. The Bertz CT molecular complexity index is 375. The van der Waals surface area contributed by atoms with Crippen LogP contribution < -0.4 is 4.74 Å². The van der Waals surface area contributed by atoms with Crippen LogP contribution in [0.5, 0.6) is 5.75 Å². The van der Waals surface area contributed by atoms with Crippen LogP contribution in [-0.2, 0) is 17.8 Å². The molecule has 0 amide bonds. The van der Waals surface area contributed by atoms with E-state index in [-0.39, 0.29) is 6.42 Å². The van der Waals surface area contributed by atoms with Gasteiger partial charge in [-0.15, -0.1) is 0 Å². The van der Waals surface area contributed by atoms with Gasteiger partial charge in [0, 0.05) is 12.1 Å². The normalized spacial score (nSPS) is 10.5. The van der Waals surface area contributed by atoms with Gasteiger partial charge in [0.1, 0.15) is 5.75 Å². The second-order valence-electron chi connectivity index (χ2n) is 3.95. The molecule has 1 aromatic carbocycles. The molecule has 0 atom stereocenters. The van der Waals surface area contributed by atoms with Crippen molar-refractivity contribution >= 4 is 5.97 Å². The smallest absolute Gasteiger partial charge is 0.307 e. The lowest BCUT2D eigenvalue weighted by molar-refractivity contribution is -0.136. The fourth-order valence-corrected chi connectivity index (χ4v) is 1.60. The van der Waals surface area contributed by atoms with Gasteiger partial charge in [-0.05, 0) is 25.7 Å². The first kappa shape index (κ1) is 12.5. The Hall–Kier alpha value is -1.55. The number of carboxylic acids is 1. The summed E-state index contributed by atoms with van der Waals surface area (Å²) in [4.78, 5) is 12.7. The molecule has 0 radical (unpaired) electrons. The molecule has 4 heteroatoms. The van der Waals surface area contributed by atoms with Gasteiger partial charge in [-0.25, -0.2) is 0 Å². The van der Waals surface area contributed by atoms with Crippen LogP contribution in [-0.4, -0.2) is 37.2 Å². The molecule has 1 aromatic rings. The maximum atomic E-state index is 10.7. The van der Waals surface area contributed by atoms with Gasteiger partial charge in [-0.3, -0.25) is 4.79 Å². The topological polar surface area (TPSA) is 49.8 Å². The van der Waals surface area contributed by atoms with E-state index in [2.05, 4.69) is 0 Å². The summed E-state index contributed by atoms with van der Waals surface area (Å²) in [6.45, 7) is 0.788. The second kappa shape index (κ2) is 5.51. The zero-order valence-electron chi connectivity index (χ0n) is 9.86. The van der Waals surface area contributed by atoms with Crippen molar-refractivity contribution in [3.05, 3.63) is 29.3 Å². The molecule has 0 aliphatic rings. The van der Waals surface area contributed by atoms with Crippen LogP contribution in [0.4, 0.5) is 0 Å². The molecule has 1 rings (SSSR count). The van der Waals surface area contributed by atoms with E-state index in [4.69, 9.17) is 9.84 Å². The summed E-state index contributed by atoms with van der Waals surface area (Å²) < 4.78 is 5.13. The average molecular weight is 223 g/mol. The zero-order valence-corrected chi connectivity index (χ0v) is 9.86. The molecular weight excluding hydrogens is 206 g/mol. The minimum absolute atomic E-state index is 0.00948. The van der Waals surface area contributed by atoms with Crippen molar-refractivity contribution in [2.75, 3.05) is 21.2 Å². The summed E-state index contributed by atoms with van der Waals surface area (Å²) in [6, 6.07) is 5.65. The lowest BCUT2D eigenvalue weighted by atomic mass is 10.1. The molecule has 88 valence electrons. The van der Waals surface area contributed by atoms with Gasteiger partial charge in [0.15, 0.2) is 0 Å². The first-order valence-corrected chi connectivity index (χ1v) is 5.05. The number of rotatable bonds is 5. The number of carbonyl (C=O) groups is 1. The fraction of sp³-hybridized carbons (Fsp3) is 0.417. The number of ether oxygens (including phenoxy) is 1. The molecule has 1 N–H and O–H groups in total. The molecule has 0 aliphatic heterocycles. The number of nitrogens with zero attached hydrogens (tertiary/aromatic N) is 1. The number of methoxy groups -OCH3 is 1. The van der Waals surface area contributed by atoms with E-state index >= 15 is 0 Å². The lowest BCUT2D eigenvalue weighted by Crippen LogP contribution is -2.11. The predicted molar refractivity (Wildman–Crippen MR) is 61.7 cm³/mol. The highest BCUT2D eigenvalue weighted by atomic mass is 16.5. The van der Waals surface area contributed by atoms with Crippen molar-refractivity contribution in [1.82, 2.24) is 4.90 Å². The lowest BCUT2D eigenvalue weighted by Gasteiger charge is -2.12. The monoisotopic (exact) mass is 223 g/mol. The van der Waals surface area contributed by atoms with Gasteiger partial charge in [0.25, 0.3) is 0 Å². The van der Waals surface area contributed by atoms with E-state index < -0.39 is 5.97 Å². The molecule has 0 aromatic heterocycles. The Labute approximate surface area is 95.5 Å². The second-order valence-corrected chi connectivity index (χ2v) is 3.95. The number of aliphatic carboxylic acids is 1. The van der Waals surface area contributed by atoms with E-state index in [0.717, 1.165) is 12.1 Å². The molecule has 0 aliphatic carbocycles. The van der Waals surface area contributed by atoms with Crippen LogP contribution in [0.15, 0.2) is 18.2 Å². The largest absolute Gasteiger partial charge is 0.496 e. The average Bonchev–Trinajstić information content (AvgIpc) is 2.16. The molecule has 0 saturated carbocycles. The third-order valence-electron chi connectivity index (χ3n) is 2.19. The van der Waals surface area contributed by atoms with E-state index in [0.29, 0.717) is 11.3 Å². The molecule has 16 heavy (non-hydrogen) atoms. The molecule has 0 unspecified atom stereocenters. The van der Waals surface area contributed by atoms with E-state index in [1.165, 1.54) is 0 Å². The molecule has 0 saturated heterocycles. The van der Waals surface area contributed by atoms with Gasteiger partial charge < -0.3 is 14.7 Å². The van der Waals surface area contributed by atoms with Gasteiger partial charge in [-0.2, -0.15) is 0 Å². The highest BCUT2D eigenvalue weighted by Gasteiger charge is 2.08. The fourth-order valence-electron chi connectivity index (χ4n) is 1.60. The summed E-state index contributed by atoms with van der Waals surface area (Å²) in [6.07, 6.45) is -0.00948. The van der Waals surface area contributed by atoms with Crippen LogP contribution in [0.1, 0.15) is 11.1 Å². The van der Waals surface area contributed by atoms with Crippen molar-refractivity contribution in [1.29, 1.82) is 0 Å². The van der Waals surface area contributed by atoms with Crippen molar-refractivity contribution in [2.24, 2.45) is 0 Å². The summed E-state index contributed by atoms with van der Waals surface area (Å²) in [7, 11) is 5.49. The standard InChI is InChI=1S/C12H17NO3/c1-13(2)8-9-4-5-11(16-3)10(6-9)7-12(14)15/h4-6H,7-8H2,1-3H3,(H,14,15). The van der Waals surface area contributed by atoms with E-state index in [1.807, 2.05) is 37.2 Å². The van der Waals surface area contributed by atoms with E-state index in [9.17, 15) is 4.79 Å². The number of hydrogen-bond acceptors (Lipinski definition) is 3.